The molecule has 0 aromatic heterocycles. The summed E-state index contributed by atoms with van der Waals surface area (Å²) in [6.45, 7) is 0.249. The van der Waals surface area contributed by atoms with Gasteiger partial charge in [-0.1, -0.05) is 60.7 Å². The van der Waals surface area contributed by atoms with E-state index in [9.17, 15) is 9.59 Å². The van der Waals surface area contributed by atoms with Crippen molar-refractivity contribution in [3.05, 3.63) is 90.0 Å². The van der Waals surface area contributed by atoms with Gasteiger partial charge in [0.1, 0.15) is 5.75 Å². The lowest BCUT2D eigenvalue weighted by Gasteiger charge is -2.10. The van der Waals surface area contributed by atoms with Crippen molar-refractivity contribution in [2.45, 2.75) is 6.54 Å². The molecular formula is C23H22N2O3. The first-order valence-corrected chi connectivity index (χ1v) is 8.99. The van der Waals surface area contributed by atoms with Crippen molar-refractivity contribution in [3.63, 3.8) is 0 Å². The van der Waals surface area contributed by atoms with Gasteiger partial charge in [-0.25, -0.2) is 0 Å². The van der Waals surface area contributed by atoms with Gasteiger partial charge in [-0.3, -0.25) is 9.59 Å². The Bertz CT molecular complexity index is 938. The molecule has 0 aliphatic heterocycles. The second-order valence-corrected chi connectivity index (χ2v) is 6.21. The Morgan fingerprint density at radius 3 is 2.14 bits per heavy atom. The number of benzene rings is 3. The number of carbonyl (C=O) groups is 2. The summed E-state index contributed by atoms with van der Waals surface area (Å²) < 4.78 is 5.25. The zero-order valence-electron chi connectivity index (χ0n) is 15.6. The van der Waals surface area contributed by atoms with Gasteiger partial charge >= 0.3 is 0 Å². The molecule has 0 radical (unpaired) electrons. The molecule has 3 aromatic rings. The number of hydrogen-bond acceptors (Lipinski definition) is 3. The Morgan fingerprint density at radius 2 is 1.43 bits per heavy atom. The van der Waals surface area contributed by atoms with E-state index in [1.54, 1.807) is 19.2 Å². The molecule has 5 heteroatoms. The Kier molecular flexibility index (Phi) is 6.41. The van der Waals surface area contributed by atoms with Gasteiger partial charge in [0.05, 0.1) is 13.7 Å². The third kappa shape index (κ3) is 4.98. The second kappa shape index (κ2) is 9.37. The topological polar surface area (TPSA) is 67.4 Å². The molecule has 0 aliphatic carbocycles. The fourth-order valence-electron chi connectivity index (χ4n) is 2.81. The molecule has 0 bridgehead atoms. The van der Waals surface area contributed by atoms with Gasteiger partial charge in [-0.15, -0.1) is 0 Å². The van der Waals surface area contributed by atoms with E-state index in [1.165, 1.54) is 0 Å². The highest BCUT2D eigenvalue weighted by Crippen LogP contribution is 2.19. The highest BCUT2D eigenvalue weighted by Gasteiger charge is 2.09. The van der Waals surface area contributed by atoms with Gasteiger partial charge in [0.15, 0.2) is 0 Å². The second-order valence-electron chi connectivity index (χ2n) is 6.21. The van der Waals surface area contributed by atoms with Crippen LogP contribution in [0.25, 0.3) is 11.1 Å². The number of nitrogens with one attached hydrogen (secondary N) is 2. The molecule has 0 saturated carbocycles. The zero-order valence-corrected chi connectivity index (χ0v) is 15.6. The third-order valence-corrected chi connectivity index (χ3v) is 4.33. The number of amides is 2. The summed E-state index contributed by atoms with van der Waals surface area (Å²) in [5.74, 6) is 0.164. The van der Waals surface area contributed by atoms with Crippen LogP contribution in [0, 0.1) is 0 Å². The number of ether oxygens (including phenoxy) is 1. The maximum atomic E-state index is 12.3. The summed E-state index contributed by atoms with van der Waals surface area (Å²) in [7, 11) is 1.59. The van der Waals surface area contributed by atoms with E-state index in [2.05, 4.69) is 10.6 Å². The summed E-state index contributed by atoms with van der Waals surface area (Å²) in [6, 6.07) is 24.7. The summed E-state index contributed by atoms with van der Waals surface area (Å²) in [6.07, 6.45) is 0. The maximum absolute atomic E-state index is 12.3. The van der Waals surface area contributed by atoms with E-state index < -0.39 is 0 Å². The van der Waals surface area contributed by atoms with Crippen molar-refractivity contribution < 1.29 is 14.3 Å². The molecule has 3 aromatic carbocycles. The number of para-hydroxylation sites is 1. The summed E-state index contributed by atoms with van der Waals surface area (Å²) in [5, 5.41) is 5.42. The SMILES string of the molecule is COc1ccccc1CNC(=O)CNC(=O)c1ccc(-c2ccccc2)cc1. The van der Waals surface area contributed by atoms with Crippen LogP contribution in [-0.4, -0.2) is 25.5 Å². The predicted molar refractivity (Wildman–Crippen MR) is 109 cm³/mol. The van der Waals surface area contributed by atoms with Crippen LogP contribution in [-0.2, 0) is 11.3 Å². The molecule has 0 fully saturated rings. The Hall–Kier alpha value is -3.60. The van der Waals surface area contributed by atoms with Crippen molar-refractivity contribution in [1.82, 2.24) is 10.6 Å². The van der Waals surface area contributed by atoms with Gasteiger partial charge < -0.3 is 15.4 Å². The lowest BCUT2D eigenvalue weighted by atomic mass is 10.0. The van der Waals surface area contributed by atoms with Crippen LogP contribution in [0.2, 0.25) is 0 Å². The lowest BCUT2D eigenvalue weighted by molar-refractivity contribution is -0.120. The lowest BCUT2D eigenvalue weighted by Crippen LogP contribution is -2.36. The molecule has 0 saturated heterocycles. The van der Waals surface area contributed by atoms with Crippen molar-refractivity contribution in [2.24, 2.45) is 0 Å². The minimum Gasteiger partial charge on any atom is -0.496 e. The van der Waals surface area contributed by atoms with Crippen LogP contribution in [0.5, 0.6) is 5.75 Å². The van der Waals surface area contributed by atoms with Crippen molar-refractivity contribution in [2.75, 3.05) is 13.7 Å². The average Bonchev–Trinajstić information content (AvgIpc) is 2.77. The van der Waals surface area contributed by atoms with Crippen LogP contribution in [0.1, 0.15) is 15.9 Å². The molecule has 5 nitrogen and oxygen atoms in total. The summed E-state index contributed by atoms with van der Waals surface area (Å²) in [4.78, 5) is 24.3. The van der Waals surface area contributed by atoms with E-state index in [0.29, 0.717) is 17.9 Å². The maximum Gasteiger partial charge on any atom is 0.251 e. The largest absolute Gasteiger partial charge is 0.496 e. The quantitative estimate of drug-likeness (QED) is 0.666. The van der Waals surface area contributed by atoms with Gasteiger partial charge in [0, 0.05) is 17.7 Å². The minimum atomic E-state index is -0.285. The molecule has 2 amide bonds. The molecule has 28 heavy (non-hydrogen) atoms. The van der Waals surface area contributed by atoms with E-state index in [0.717, 1.165) is 16.7 Å². The Morgan fingerprint density at radius 1 is 0.786 bits per heavy atom. The monoisotopic (exact) mass is 374 g/mol. The first-order chi connectivity index (χ1) is 13.7. The highest BCUT2D eigenvalue weighted by atomic mass is 16.5. The van der Waals surface area contributed by atoms with E-state index in [-0.39, 0.29) is 18.4 Å². The smallest absolute Gasteiger partial charge is 0.251 e. The van der Waals surface area contributed by atoms with Crippen molar-refractivity contribution >= 4 is 11.8 Å². The minimum absolute atomic E-state index is 0.0889. The van der Waals surface area contributed by atoms with Crippen LogP contribution >= 0.6 is 0 Å². The summed E-state index contributed by atoms with van der Waals surface area (Å²) >= 11 is 0. The fraction of sp³-hybridized carbons (Fsp3) is 0.130. The van der Waals surface area contributed by atoms with Crippen LogP contribution in [0.3, 0.4) is 0 Å². The number of carbonyl (C=O) groups excluding carboxylic acids is 2. The number of hydrogen-bond donors (Lipinski definition) is 2. The van der Waals surface area contributed by atoms with Gasteiger partial charge in [0.25, 0.3) is 5.91 Å². The van der Waals surface area contributed by atoms with Crippen LogP contribution in [0.4, 0.5) is 0 Å². The average molecular weight is 374 g/mol. The molecular weight excluding hydrogens is 352 g/mol. The Balaban J connectivity index is 1.50. The van der Waals surface area contributed by atoms with E-state index in [1.807, 2.05) is 66.7 Å². The highest BCUT2D eigenvalue weighted by molar-refractivity contribution is 5.96. The third-order valence-electron chi connectivity index (χ3n) is 4.33. The first-order valence-electron chi connectivity index (χ1n) is 8.99. The van der Waals surface area contributed by atoms with Crippen molar-refractivity contribution in [1.29, 1.82) is 0 Å². The molecule has 0 aliphatic rings. The molecule has 2 N–H and O–H groups in total. The van der Waals surface area contributed by atoms with E-state index in [4.69, 9.17) is 4.74 Å². The van der Waals surface area contributed by atoms with E-state index >= 15 is 0 Å². The van der Waals surface area contributed by atoms with Gasteiger partial charge in [0.2, 0.25) is 5.91 Å². The standard InChI is InChI=1S/C23H22N2O3/c1-28-21-10-6-5-9-20(21)15-24-22(26)16-25-23(27)19-13-11-18(12-14-19)17-7-3-2-4-8-17/h2-14H,15-16H2,1H3,(H,24,26)(H,25,27). The van der Waals surface area contributed by atoms with Crippen LogP contribution in [0.15, 0.2) is 78.9 Å². The molecule has 0 spiro atoms. The Labute approximate surface area is 164 Å². The molecule has 0 unspecified atom stereocenters. The number of rotatable bonds is 7. The van der Waals surface area contributed by atoms with Gasteiger partial charge in [-0.05, 0) is 29.3 Å². The molecule has 142 valence electrons. The molecule has 0 atom stereocenters. The molecule has 0 heterocycles. The summed E-state index contributed by atoms with van der Waals surface area (Å²) in [5.41, 5.74) is 3.51. The number of methoxy groups -OCH3 is 1. The van der Waals surface area contributed by atoms with Gasteiger partial charge in [-0.2, -0.15) is 0 Å². The zero-order chi connectivity index (χ0) is 19.8. The predicted octanol–water partition coefficient (Wildman–Crippen LogP) is 3.41. The fourth-order valence-corrected chi connectivity index (χ4v) is 2.81. The first kappa shape index (κ1) is 19.2. The van der Waals surface area contributed by atoms with Crippen LogP contribution < -0.4 is 15.4 Å². The normalized spacial score (nSPS) is 10.2. The van der Waals surface area contributed by atoms with Crippen molar-refractivity contribution in [3.8, 4) is 16.9 Å². The molecule has 3 rings (SSSR count).